The summed E-state index contributed by atoms with van der Waals surface area (Å²) < 4.78 is 0. The molecule has 0 bridgehead atoms. The molecule has 194 valence electrons. The molecule has 2 aliphatic rings. The van der Waals surface area contributed by atoms with Crippen LogP contribution in [-0.2, 0) is 16.0 Å². The first-order chi connectivity index (χ1) is 18.5. The van der Waals surface area contributed by atoms with E-state index in [1.54, 1.807) is 24.3 Å². The SMILES string of the molecule is O=C(/C=C/C=C(\c1ccc(Cl)cc1)c1ccc(N2CCCCC2)cc1)Nc1cccc2c1CC(O)C(=O)N2. The van der Waals surface area contributed by atoms with Crippen LogP contribution < -0.4 is 15.5 Å². The number of amides is 2. The zero-order chi connectivity index (χ0) is 26.5. The highest BCUT2D eigenvalue weighted by molar-refractivity contribution is 6.30. The number of rotatable bonds is 6. The summed E-state index contributed by atoms with van der Waals surface area (Å²) in [6.07, 6.45) is 7.88. The van der Waals surface area contributed by atoms with Gasteiger partial charge in [-0.1, -0.05) is 54.1 Å². The number of aliphatic hydroxyl groups excluding tert-OH is 1. The van der Waals surface area contributed by atoms with Crippen LogP contribution in [0.3, 0.4) is 0 Å². The Morgan fingerprint density at radius 2 is 1.66 bits per heavy atom. The van der Waals surface area contributed by atoms with E-state index in [4.69, 9.17) is 11.6 Å². The molecule has 3 aromatic rings. The van der Waals surface area contributed by atoms with Gasteiger partial charge in [-0.2, -0.15) is 0 Å². The van der Waals surface area contributed by atoms with E-state index in [1.807, 2.05) is 30.3 Å². The molecule has 1 fully saturated rings. The van der Waals surface area contributed by atoms with Crippen LogP contribution in [0.25, 0.3) is 5.57 Å². The number of carbonyl (C=O) groups excluding carboxylic acids is 2. The maximum Gasteiger partial charge on any atom is 0.253 e. The number of hydrogen-bond acceptors (Lipinski definition) is 4. The van der Waals surface area contributed by atoms with Crippen LogP contribution in [0, 0.1) is 0 Å². The predicted octanol–water partition coefficient (Wildman–Crippen LogP) is 5.81. The fourth-order valence-electron chi connectivity index (χ4n) is 4.94. The number of anilines is 3. The zero-order valence-electron chi connectivity index (χ0n) is 21.0. The number of fused-ring (bicyclic) bond motifs is 1. The molecule has 2 heterocycles. The van der Waals surface area contributed by atoms with E-state index in [9.17, 15) is 14.7 Å². The molecule has 0 radical (unpaired) electrons. The Morgan fingerprint density at radius 1 is 0.974 bits per heavy atom. The molecular weight excluding hydrogens is 498 g/mol. The van der Waals surface area contributed by atoms with Gasteiger partial charge in [-0.15, -0.1) is 0 Å². The van der Waals surface area contributed by atoms with Gasteiger partial charge in [0.1, 0.15) is 6.10 Å². The molecule has 1 saturated heterocycles. The molecular formula is C31H30ClN3O3. The minimum Gasteiger partial charge on any atom is -0.383 e. The fraction of sp³-hybridized carbons (Fsp3) is 0.226. The number of piperidine rings is 1. The molecule has 7 heteroatoms. The number of aliphatic hydroxyl groups is 1. The number of carbonyl (C=O) groups is 2. The summed E-state index contributed by atoms with van der Waals surface area (Å²) in [5.74, 6) is -0.748. The fourth-order valence-corrected chi connectivity index (χ4v) is 5.07. The average Bonchev–Trinajstić information content (AvgIpc) is 2.93. The van der Waals surface area contributed by atoms with Crippen LogP contribution in [0.2, 0.25) is 5.02 Å². The number of allylic oxidation sites excluding steroid dienone is 2. The maximum absolute atomic E-state index is 12.8. The lowest BCUT2D eigenvalue weighted by molar-refractivity contribution is -0.124. The number of halogens is 1. The van der Waals surface area contributed by atoms with Gasteiger partial charge >= 0.3 is 0 Å². The summed E-state index contributed by atoms with van der Waals surface area (Å²) in [5.41, 5.74) is 6.09. The third-order valence-corrected chi connectivity index (χ3v) is 7.21. The van der Waals surface area contributed by atoms with Gasteiger partial charge in [-0.25, -0.2) is 0 Å². The summed E-state index contributed by atoms with van der Waals surface area (Å²) in [6.45, 7) is 2.18. The molecule has 3 N–H and O–H groups in total. The van der Waals surface area contributed by atoms with E-state index in [2.05, 4.69) is 39.8 Å². The quantitative estimate of drug-likeness (QED) is 0.279. The van der Waals surface area contributed by atoms with Crippen molar-refractivity contribution in [2.75, 3.05) is 28.6 Å². The highest BCUT2D eigenvalue weighted by Crippen LogP contribution is 2.30. The molecule has 0 saturated carbocycles. The first-order valence-corrected chi connectivity index (χ1v) is 13.3. The number of benzene rings is 3. The van der Waals surface area contributed by atoms with Gasteiger partial charge in [0, 0.05) is 53.2 Å². The lowest BCUT2D eigenvalue weighted by Crippen LogP contribution is -2.34. The van der Waals surface area contributed by atoms with Crippen molar-refractivity contribution < 1.29 is 14.7 Å². The second-order valence-electron chi connectivity index (χ2n) is 9.57. The normalized spacial score (nSPS) is 17.7. The highest BCUT2D eigenvalue weighted by Gasteiger charge is 2.26. The monoisotopic (exact) mass is 527 g/mol. The number of nitrogens with zero attached hydrogens (tertiary/aromatic N) is 1. The Kier molecular flexibility index (Phi) is 7.91. The van der Waals surface area contributed by atoms with Gasteiger partial charge in [0.15, 0.2) is 0 Å². The Morgan fingerprint density at radius 3 is 2.37 bits per heavy atom. The minimum atomic E-state index is -1.14. The van der Waals surface area contributed by atoms with E-state index in [-0.39, 0.29) is 12.3 Å². The van der Waals surface area contributed by atoms with Gasteiger partial charge in [0.25, 0.3) is 5.91 Å². The smallest absolute Gasteiger partial charge is 0.253 e. The highest BCUT2D eigenvalue weighted by atomic mass is 35.5. The van der Waals surface area contributed by atoms with Gasteiger partial charge in [0.05, 0.1) is 0 Å². The van der Waals surface area contributed by atoms with Gasteiger partial charge < -0.3 is 20.6 Å². The van der Waals surface area contributed by atoms with Gasteiger partial charge in [0.2, 0.25) is 5.91 Å². The van der Waals surface area contributed by atoms with Crippen molar-refractivity contribution >= 4 is 46.1 Å². The van der Waals surface area contributed by atoms with Crippen LogP contribution in [0.1, 0.15) is 36.0 Å². The number of hydrogen-bond donors (Lipinski definition) is 3. The Bertz CT molecular complexity index is 1370. The van der Waals surface area contributed by atoms with Crippen molar-refractivity contribution in [1.29, 1.82) is 0 Å². The molecule has 1 atom stereocenters. The summed E-state index contributed by atoms with van der Waals surface area (Å²) in [5, 5.41) is 16.2. The zero-order valence-corrected chi connectivity index (χ0v) is 21.7. The Balaban J connectivity index is 1.36. The van der Waals surface area contributed by atoms with Crippen LogP contribution >= 0.6 is 11.6 Å². The maximum atomic E-state index is 12.8. The van der Waals surface area contributed by atoms with Crippen molar-refractivity contribution in [3.63, 3.8) is 0 Å². The molecule has 2 aliphatic heterocycles. The summed E-state index contributed by atoms with van der Waals surface area (Å²) in [6, 6.07) is 21.5. The molecule has 2 amide bonds. The Hall–Kier alpha value is -3.87. The van der Waals surface area contributed by atoms with E-state index in [0.29, 0.717) is 22.0 Å². The van der Waals surface area contributed by atoms with Crippen LogP contribution in [0.15, 0.2) is 85.0 Å². The topological polar surface area (TPSA) is 81.7 Å². The van der Waals surface area contributed by atoms with Crippen molar-refractivity contribution in [3.8, 4) is 0 Å². The summed E-state index contributed by atoms with van der Waals surface area (Å²) in [7, 11) is 0. The first kappa shape index (κ1) is 25.8. The first-order valence-electron chi connectivity index (χ1n) is 12.9. The summed E-state index contributed by atoms with van der Waals surface area (Å²) >= 11 is 6.13. The van der Waals surface area contributed by atoms with Gasteiger partial charge in [-0.3, -0.25) is 9.59 Å². The molecule has 6 nitrogen and oxygen atoms in total. The summed E-state index contributed by atoms with van der Waals surface area (Å²) in [4.78, 5) is 27.0. The molecule has 1 unspecified atom stereocenters. The Labute approximate surface area is 227 Å². The van der Waals surface area contributed by atoms with E-state index in [1.165, 1.54) is 31.0 Å². The molecule has 0 aliphatic carbocycles. The second kappa shape index (κ2) is 11.7. The van der Waals surface area contributed by atoms with E-state index < -0.39 is 12.0 Å². The standard InChI is InChI=1S/C31H30ClN3O3/c32-23-14-10-21(11-15-23)25(22-12-16-24(17-13-22)35-18-2-1-3-19-35)6-4-9-30(37)33-27-7-5-8-28-26(27)20-29(36)31(38)34-28/h4-17,29,36H,1-3,18-20H2,(H,33,37)(H,34,38)/b9-4+,25-6+. The second-order valence-corrected chi connectivity index (χ2v) is 10.0. The average molecular weight is 528 g/mol. The van der Waals surface area contributed by atoms with E-state index in [0.717, 1.165) is 29.8 Å². The van der Waals surface area contributed by atoms with Crippen molar-refractivity contribution in [1.82, 2.24) is 0 Å². The lowest BCUT2D eigenvalue weighted by atomic mass is 9.97. The molecule has 5 rings (SSSR count). The van der Waals surface area contributed by atoms with Crippen LogP contribution in [-0.4, -0.2) is 36.1 Å². The van der Waals surface area contributed by atoms with Crippen molar-refractivity contribution in [2.24, 2.45) is 0 Å². The molecule has 0 aromatic heterocycles. The molecule has 38 heavy (non-hydrogen) atoms. The van der Waals surface area contributed by atoms with Crippen molar-refractivity contribution in [3.05, 3.63) is 107 Å². The molecule has 3 aromatic carbocycles. The minimum absolute atomic E-state index is 0.148. The van der Waals surface area contributed by atoms with Crippen LogP contribution in [0.4, 0.5) is 17.1 Å². The van der Waals surface area contributed by atoms with Crippen LogP contribution in [0.5, 0.6) is 0 Å². The lowest BCUT2D eigenvalue weighted by Gasteiger charge is -2.29. The molecule has 0 spiro atoms. The third-order valence-electron chi connectivity index (χ3n) is 6.96. The van der Waals surface area contributed by atoms with E-state index >= 15 is 0 Å². The predicted molar refractivity (Wildman–Crippen MR) is 154 cm³/mol. The number of nitrogens with one attached hydrogen (secondary N) is 2. The van der Waals surface area contributed by atoms with Crippen molar-refractivity contribution in [2.45, 2.75) is 31.8 Å². The third kappa shape index (κ3) is 5.98. The largest absolute Gasteiger partial charge is 0.383 e. The van der Waals surface area contributed by atoms with Gasteiger partial charge in [-0.05, 0) is 72.4 Å².